The van der Waals surface area contributed by atoms with Crippen LogP contribution < -0.4 is 10.1 Å². The lowest BCUT2D eigenvalue weighted by Crippen LogP contribution is -2.37. The predicted molar refractivity (Wildman–Crippen MR) is 137 cm³/mol. The molecule has 2 aromatic carbocycles. The Morgan fingerprint density at radius 2 is 1.91 bits per heavy atom. The minimum atomic E-state index is -0.523. The fraction of sp³-hybridized carbons (Fsp3) is 0.385. The van der Waals surface area contributed by atoms with E-state index in [2.05, 4.69) is 15.5 Å². The number of amides is 1. The van der Waals surface area contributed by atoms with E-state index in [0.29, 0.717) is 35.0 Å². The summed E-state index contributed by atoms with van der Waals surface area (Å²) < 4.78 is 7.43. The van der Waals surface area contributed by atoms with Gasteiger partial charge < -0.3 is 19.7 Å². The van der Waals surface area contributed by atoms with Gasteiger partial charge >= 0.3 is 0 Å². The Labute approximate surface area is 210 Å². The molecular weight excluding hydrogens is 468 g/mol. The SMILES string of the molecule is CC(C)Oc1ccc(C(=O)N[C@H](CCO)Cc2ccc(-c3cn(C)c(C(C)N=O)n3)cc2)cc1Cl. The van der Waals surface area contributed by atoms with Crippen LogP contribution in [-0.2, 0) is 13.5 Å². The van der Waals surface area contributed by atoms with Crippen LogP contribution in [0.25, 0.3) is 11.3 Å². The highest BCUT2D eigenvalue weighted by molar-refractivity contribution is 6.32. The van der Waals surface area contributed by atoms with Crippen LogP contribution in [0.5, 0.6) is 5.75 Å². The molecule has 0 spiro atoms. The second-order valence-corrected chi connectivity index (χ2v) is 9.18. The molecule has 3 rings (SSSR count). The number of imidazole rings is 1. The van der Waals surface area contributed by atoms with E-state index in [1.54, 1.807) is 29.7 Å². The zero-order valence-electron chi connectivity index (χ0n) is 20.4. The number of aryl methyl sites for hydroxylation is 1. The summed E-state index contributed by atoms with van der Waals surface area (Å²) in [6.07, 6.45) is 2.80. The summed E-state index contributed by atoms with van der Waals surface area (Å²) in [6.45, 7) is 5.47. The van der Waals surface area contributed by atoms with Crippen molar-refractivity contribution in [2.24, 2.45) is 12.2 Å². The molecule has 0 bridgehead atoms. The van der Waals surface area contributed by atoms with Gasteiger partial charge in [-0.2, -0.15) is 4.91 Å². The summed E-state index contributed by atoms with van der Waals surface area (Å²) in [5.41, 5.74) is 3.10. The van der Waals surface area contributed by atoms with E-state index >= 15 is 0 Å². The van der Waals surface area contributed by atoms with Crippen molar-refractivity contribution in [1.29, 1.82) is 0 Å². The molecule has 1 heterocycles. The van der Waals surface area contributed by atoms with Gasteiger partial charge in [0.2, 0.25) is 0 Å². The number of ether oxygens (including phenoxy) is 1. The van der Waals surface area contributed by atoms with Crippen LogP contribution in [0.4, 0.5) is 0 Å². The Balaban J connectivity index is 1.69. The highest BCUT2D eigenvalue weighted by Crippen LogP contribution is 2.27. The number of nitrogens with one attached hydrogen (secondary N) is 1. The lowest BCUT2D eigenvalue weighted by molar-refractivity contribution is 0.0930. The Morgan fingerprint density at radius 3 is 2.51 bits per heavy atom. The molecule has 0 radical (unpaired) electrons. The average Bonchev–Trinajstić information content (AvgIpc) is 3.21. The highest BCUT2D eigenvalue weighted by atomic mass is 35.5. The van der Waals surface area contributed by atoms with Crippen molar-refractivity contribution in [2.45, 2.75) is 51.8 Å². The predicted octanol–water partition coefficient (Wildman–Crippen LogP) is 5.08. The Hall–Kier alpha value is -3.23. The fourth-order valence-electron chi connectivity index (χ4n) is 3.79. The smallest absolute Gasteiger partial charge is 0.251 e. The van der Waals surface area contributed by atoms with Crippen LogP contribution in [-0.4, -0.2) is 39.3 Å². The molecule has 0 aliphatic carbocycles. The molecule has 2 N–H and O–H groups in total. The molecule has 9 heteroatoms. The number of nitroso groups, excluding NO2 is 1. The van der Waals surface area contributed by atoms with Crippen molar-refractivity contribution in [2.75, 3.05) is 6.61 Å². The molecule has 0 fully saturated rings. The number of carbonyl (C=O) groups excluding carboxylic acids is 1. The molecule has 3 aromatic rings. The maximum absolute atomic E-state index is 12.8. The minimum Gasteiger partial charge on any atom is -0.489 e. The van der Waals surface area contributed by atoms with Gasteiger partial charge in [-0.25, -0.2) is 4.98 Å². The molecule has 0 saturated carbocycles. The average molecular weight is 499 g/mol. The Kier molecular flexibility index (Phi) is 9.01. The van der Waals surface area contributed by atoms with Gasteiger partial charge in [-0.05, 0) is 57.4 Å². The number of halogens is 1. The molecule has 0 aliphatic heterocycles. The van der Waals surface area contributed by atoms with Gasteiger partial charge in [0.25, 0.3) is 5.91 Å². The third kappa shape index (κ3) is 6.90. The molecule has 2 atom stereocenters. The van der Waals surface area contributed by atoms with Crippen molar-refractivity contribution >= 4 is 17.5 Å². The lowest BCUT2D eigenvalue weighted by atomic mass is 10.0. The Morgan fingerprint density at radius 1 is 1.20 bits per heavy atom. The van der Waals surface area contributed by atoms with Gasteiger partial charge in [0, 0.05) is 37.0 Å². The quantitative estimate of drug-likeness (QED) is 0.359. The van der Waals surface area contributed by atoms with Crippen LogP contribution in [0.2, 0.25) is 5.02 Å². The summed E-state index contributed by atoms with van der Waals surface area (Å²) >= 11 is 6.27. The topological polar surface area (TPSA) is 106 Å². The van der Waals surface area contributed by atoms with Gasteiger partial charge in [-0.3, -0.25) is 4.79 Å². The van der Waals surface area contributed by atoms with Crippen molar-refractivity contribution in [1.82, 2.24) is 14.9 Å². The summed E-state index contributed by atoms with van der Waals surface area (Å²) in [6, 6.07) is 12.0. The standard InChI is InChI=1S/C26H31ClN4O4/c1-16(2)35-24-10-9-20(14-22(24)27)26(33)28-21(11-12-32)13-18-5-7-19(8-6-18)23-15-31(4)25(29-23)17(3)30-34/h5-10,14-17,21,32H,11-13H2,1-4H3,(H,28,33)/t17?,21-/m1/s1. The summed E-state index contributed by atoms with van der Waals surface area (Å²) in [5.74, 6) is 0.868. The van der Waals surface area contributed by atoms with Gasteiger partial charge in [0.1, 0.15) is 17.6 Å². The lowest BCUT2D eigenvalue weighted by Gasteiger charge is -2.19. The number of hydrogen-bond acceptors (Lipinski definition) is 6. The molecule has 35 heavy (non-hydrogen) atoms. The first kappa shape index (κ1) is 26.4. The van der Waals surface area contributed by atoms with E-state index in [4.69, 9.17) is 16.3 Å². The summed E-state index contributed by atoms with van der Waals surface area (Å²) in [7, 11) is 1.84. The van der Waals surface area contributed by atoms with Crippen LogP contribution in [0.1, 0.15) is 55.0 Å². The number of nitrogens with zero attached hydrogens (tertiary/aromatic N) is 3. The van der Waals surface area contributed by atoms with Crippen LogP contribution in [0, 0.1) is 4.91 Å². The second-order valence-electron chi connectivity index (χ2n) is 8.77. The maximum atomic E-state index is 12.8. The zero-order chi connectivity index (χ0) is 25.5. The molecular formula is C26H31ClN4O4. The van der Waals surface area contributed by atoms with Gasteiger partial charge in [-0.1, -0.05) is 41.0 Å². The first-order chi connectivity index (χ1) is 16.7. The monoisotopic (exact) mass is 498 g/mol. The first-order valence-electron chi connectivity index (χ1n) is 11.5. The normalized spacial score (nSPS) is 12.9. The van der Waals surface area contributed by atoms with E-state index in [1.165, 1.54) is 0 Å². The number of carbonyl (C=O) groups is 1. The van der Waals surface area contributed by atoms with Crippen molar-refractivity contribution in [3.63, 3.8) is 0 Å². The number of aliphatic hydroxyl groups excluding tert-OH is 1. The van der Waals surface area contributed by atoms with E-state index in [1.807, 2.05) is 51.4 Å². The first-order valence-corrected chi connectivity index (χ1v) is 11.9. The van der Waals surface area contributed by atoms with E-state index in [-0.39, 0.29) is 24.7 Å². The van der Waals surface area contributed by atoms with Crippen molar-refractivity contribution in [3.05, 3.63) is 75.5 Å². The van der Waals surface area contributed by atoms with Gasteiger partial charge in [0.15, 0.2) is 0 Å². The summed E-state index contributed by atoms with van der Waals surface area (Å²) in [5, 5.41) is 15.9. The summed E-state index contributed by atoms with van der Waals surface area (Å²) in [4.78, 5) is 28.2. The minimum absolute atomic E-state index is 0.0239. The largest absolute Gasteiger partial charge is 0.489 e. The number of aromatic nitrogens is 2. The van der Waals surface area contributed by atoms with E-state index in [0.717, 1.165) is 16.8 Å². The van der Waals surface area contributed by atoms with E-state index < -0.39 is 6.04 Å². The number of aliphatic hydroxyl groups is 1. The molecule has 8 nitrogen and oxygen atoms in total. The number of benzene rings is 2. The third-order valence-corrected chi connectivity index (χ3v) is 5.84. The van der Waals surface area contributed by atoms with Crippen molar-refractivity contribution in [3.8, 4) is 17.0 Å². The maximum Gasteiger partial charge on any atom is 0.251 e. The molecule has 1 unspecified atom stereocenters. The molecule has 186 valence electrons. The molecule has 0 saturated heterocycles. The third-order valence-electron chi connectivity index (χ3n) is 5.55. The zero-order valence-corrected chi connectivity index (χ0v) is 21.1. The van der Waals surface area contributed by atoms with Crippen LogP contribution in [0.15, 0.2) is 53.8 Å². The van der Waals surface area contributed by atoms with Crippen LogP contribution in [0.3, 0.4) is 0 Å². The molecule has 0 aliphatic rings. The number of hydrogen-bond donors (Lipinski definition) is 2. The van der Waals surface area contributed by atoms with E-state index in [9.17, 15) is 14.8 Å². The van der Waals surface area contributed by atoms with Crippen LogP contribution >= 0.6 is 11.6 Å². The fourth-order valence-corrected chi connectivity index (χ4v) is 4.02. The highest BCUT2D eigenvalue weighted by Gasteiger charge is 2.17. The van der Waals surface area contributed by atoms with Crippen molar-refractivity contribution < 1.29 is 14.6 Å². The molecule has 1 aromatic heterocycles. The second kappa shape index (κ2) is 12.0. The molecule has 1 amide bonds. The Bertz CT molecular complexity index is 1160. The number of rotatable bonds is 11. The van der Waals surface area contributed by atoms with Gasteiger partial charge in [-0.15, -0.1) is 0 Å². The van der Waals surface area contributed by atoms with Gasteiger partial charge in [0.05, 0.1) is 16.8 Å².